The predicted molar refractivity (Wildman–Crippen MR) is 130 cm³/mol. The van der Waals surface area contributed by atoms with E-state index in [1.807, 2.05) is 30.3 Å². The van der Waals surface area contributed by atoms with Gasteiger partial charge in [0.25, 0.3) is 5.91 Å². The minimum Gasteiger partial charge on any atom is -0.370 e. The normalized spacial score (nSPS) is 20.7. The van der Waals surface area contributed by atoms with Crippen molar-refractivity contribution in [2.75, 3.05) is 6.54 Å². The van der Waals surface area contributed by atoms with E-state index in [2.05, 4.69) is 10.6 Å². The first-order valence-corrected chi connectivity index (χ1v) is 11.1. The van der Waals surface area contributed by atoms with Gasteiger partial charge in [-0.2, -0.15) is 0 Å². The van der Waals surface area contributed by atoms with E-state index in [9.17, 15) is 24.3 Å². The molecule has 1 saturated heterocycles. The lowest BCUT2D eigenvalue weighted by molar-refractivity contribution is -0.173. The zero-order chi connectivity index (χ0) is 24.8. The number of carbonyl (C=O) groups is 4. The van der Waals surface area contributed by atoms with Crippen molar-refractivity contribution in [1.82, 2.24) is 15.5 Å². The van der Waals surface area contributed by atoms with E-state index in [1.54, 1.807) is 20.8 Å². The highest BCUT2D eigenvalue weighted by Gasteiger charge is 2.56. The SMILES string of the molecule is CC(C)(C)NC(=O)[C@@]1(O)[C@@H](NC(=O)[C@@H](N)CC(N)=O)CCN1C(=O)CCCc1ccccc1.Cl. The van der Waals surface area contributed by atoms with Gasteiger partial charge in [-0.05, 0) is 45.6 Å². The average molecular weight is 498 g/mol. The Morgan fingerprint density at radius 2 is 1.82 bits per heavy atom. The van der Waals surface area contributed by atoms with Crippen LogP contribution in [-0.2, 0) is 25.6 Å². The summed E-state index contributed by atoms with van der Waals surface area (Å²) >= 11 is 0. The number of halogens is 1. The van der Waals surface area contributed by atoms with Crippen LogP contribution in [0.15, 0.2) is 30.3 Å². The van der Waals surface area contributed by atoms with Crippen LogP contribution < -0.4 is 22.1 Å². The molecule has 2 rings (SSSR count). The number of hydrogen-bond donors (Lipinski definition) is 5. The molecule has 0 saturated carbocycles. The van der Waals surface area contributed by atoms with Crippen LogP contribution in [0.2, 0.25) is 0 Å². The van der Waals surface area contributed by atoms with Crippen LogP contribution in [0.25, 0.3) is 0 Å². The second kappa shape index (κ2) is 12.1. The Bertz CT molecular complexity index is 876. The Morgan fingerprint density at radius 3 is 2.38 bits per heavy atom. The van der Waals surface area contributed by atoms with Gasteiger partial charge in [0.15, 0.2) is 0 Å². The Balaban J connectivity index is 0.00000578. The molecule has 190 valence electrons. The molecule has 0 radical (unpaired) electrons. The monoisotopic (exact) mass is 497 g/mol. The van der Waals surface area contributed by atoms with Crippen LogP contribution in [0.5, 0.6) is 0 Å². The van der Waals surface area contributed by atoms with Gasteiger partial charge >= 0.3 is 0 Å². The fourth-order valence-electron chi connectivity index (χ4n) is 3.83. The van der Waals surface area contributed by atoms with Gasteiger partial charge < -0.3 is 32.1 Å². The number of nitrogens with two attached hydrogens (primary N) is 2. The molecule has 1 aliphatic rings. The lowest BCUT2D eigenvalue weighted by atomic mass is 9.99. The lowest BCUT2D eigenvalue weighted by Gasteiger charge is -2.38. The highest BCUT2D eigenvalue weighted by molar-refractivity contribution is 5.93. The van der Waals surface area contributed by atoms with Crippen LogP contribution in [-0.4, -0.2) is 63.5 Å². The molecular formula is C23H36ClN5O5. The molecule has 0 unspecified atom stereocenters. The molecule has 34 heavy (non-hydrogen) atoms. The third-order valence-corrected chi connectivity index (χ3v) is 5.44. The number of amides is 4. The fraction of sp³-hybridized carbons (Fsp3) is 0.565. The number of nitrogens with one attached hydrogen (secondary N) is 2. The third kappa shape index (κ3) is 7.68. The number of carbonyl (C=O) groups excluding carboxylic acids is 4. The molecule has 3 atom stereocenters. The van der Waals surface area contributed by atoms with Crippen molar-refractivity contribution in [2.45, 2.75) is 76.2 Å². The maximum Gasteiger partial charge on any atom is 0.276 e. The van der Waals surface area contributed by atoms with Gasteiger partial charge in [0.05, 0.1) is 18.5 Å². The van der Waals surface area contributed by atoms with E-state index in [0.717, 1.165) is 10.5 Å². The number of nitrogens with zero attached hydrogens (tertiary/aromatic N) is 1. The smallest absolute Gasteiger partial charge is 0.276 e. The summed E-state index contributed by atoms with van der Waals surface area (Å²) in [5.74, 6) is -2.67. The predicted octanol–water partition coefficient (Wildman–Crippen LogP) is -0.0458. The molecular weight excluding hydrogens is 462 g/mol. The standard InChI is InChI=1S/C23H35N5O5.ClH/c1-22(2,3)27-21(32)23(33)17(26-20(31)16(24)14-18(25)29)12-13-28(23)19(30)11-7-10-15-8-5-4-6-9-15;/h4-6,8-9,16-17,33H,7,10-14,24H2,1-3H3,(H2,25,29)(H,26,31)(H,27,32);1H/t16-,17-,23-;/m0./s1. The molecule has 0 bridgehead atoms. The van der Waals surface area contributed by atoms with E-state index in [-0.39, 0.29) is 38.2 Å². The van der Waals surface area contributed by atoms with E-state index in [1.165, 1.54) is 0 Å². The summed E-state index contributed by atoms with van der Waals surface area (Å²) in [6.45, 7) is 5.30. The summed E-state index contributed by atoms with van der Waals surface area (Å²) < 4.78 is 0. The maximum absolute atomic E-state index is 13.1. The Kier molecular flexibility index (Phi) is 10.5. The number of hydrogen-bond acceptors (Lipinski definition) is 6. The molecule has 1 aromatic rings. The van der Waals surface area contributed by atoms with Crippen molar-refractivity contribution >= 4 is 36.0 Å². The summed E-state index contributed by atoms with van der Waals surface area (Å²) in [7, 11) is 0. The van der Waals surface area contributed by atoms with E-state index in [0.29, 0.717) is 12.8 Å². The van der Waals surface area contributed by atoms with Gasteiger partial charge in [0, 0.05) is 18.5 Å². The molecule has 7 N–H and O–H groups in total. The van der Waals surface area contributed by atoms with E-state index < -0.39 is 47.0 Å². The van der Waals surface area contributed by atoms with Gasteiger partial charge in [-0.3, -0.25) is 19.2 Å². The minimum atomic E-state index is -2.29. The first-order valence-electron chi connectivity index (χ1n) is 11.1. The summed E-state index contributed by atoms with van der Waals surface area (Å²) in [6, 6.07) is 7.36. The van der Waals surface area contributed by atoms with Crippen molar-refractivity contribution in [2.24, 2.45) is 11.5 Å². The molecule has 11 heteroatoms. The van der Waals surface area contributed by atoms with Crippen LogP contribution in [0.4, 0.5) is 0 Å². The number of rotatable bonds is 9. The Hall–Kier alpha value is -2.69. The number of primary amides is 1. The van der Waals surface area contributed by atoms with Crippen LogP contribution in [0, 0.1) is 0 Å². The zero-order valence-corrected chi connectivity index (χ0v) is 20.7. The molecule has 4 amide bonds. The van der Waals surface area contributed by atoms with Crippen LogP contribution in [0.3, 0.4) is 0 Å². The molecule has 1 aliphatic heterocycles. The number of benzene rings is 1. The van der Waals surface area contributed by atoms with Gasteiger partial charge in [-0.25, -0.2) is 0 Å². The largest absolute Gasteiger partial charge is 0.370 e. The van der Waals surface area contributed by atoms with Gasteiger partial charge in [0.2, 0.25) is 23.4 Å². The van der Waals surface area contributed by atoms with E-state index >= 15 is 0 Å². The average Bonchev–Trinajstić information content (AvgIpc) is 3.04. The van der Waals surface area contributed by atoms with Crippen molar-refractivity contribution in [3.8, 4) is 0 Å². The van der Waals surface area contributed by atoms with Crippen LogP contribution in [0.1, 0.15) is 52.0 Å². The second-order valence-electron chi connectivity index (χ2n) is 9.44. The van der Waals surface area contributed by atoms with Gasteiger partial charge in [-0.15, -0.1) is 12.4 Å². The van der Waals surface area contributed by atoms with Crippen molar-refractivity contribution in [1.29, 1.82) is 0 Å². The number of likely N-dealkylation sites (tertiary alicyclic amines) is 1. The number of aryl methyl sites for hydroxylation is 1. The maximum atomic E-state index is 13.1. The molecule has 1 heterocycles. The summed E-state index contributed by atoms with van der Waals surface area (Å²) in [6.07, 6.45) is 1.11. The van der Waals surface area contributed by atoms with Gasteiger partial charge in [-0.1, -0.05) is 30.3 Å². The van der Waals surface area contributed by atoms with Crippen molar-refractivity contribution in [3.05, 3.63) is 35.9 Å². The molecule has 1 aromatic carbocycles. The van der Waals surface area contributed by atoms with Gasteiger partial charge in [0.1, 0.15) is 0 Å². The minimum absolute atomic E-state index is 0. The molecule has 10 nitrogen and oxygen atoms in total. The topological polar surface area (TPSA) is 168 Å². The summed E-state index contributed by atoms with van der Waals surface area (Å²) in [5.41, 5.74) is 8.90. The highest BCUT2D eigenvalue weighted by atomic mass is 35.5. The first kappa shape index (κ1) is 29.3. The zero-order valence-electron chi connectivity index (χ0n) is 19.9. The second-order valence-corrected chi connectivity index (χ2v) is 9.44. The fourth-order valence-corrected chi connectivity index (χ4v) is 3.83. The Morgan fingerprint density at radius 1 is 1.21 bits per heavy atom. The third-order valence-electron chi connectivity index (χ3n) is 5.44. The van der Waals surface area contributed by atoms with Crippen LogP contribution >= 0.6 is 12.4 Å². The quantitative estimate of drug-likeness (QED) is 0.320. The molecule has 0 aliphatic carbocycles. The highest BCUT2D eigenvalue weighted by Crippen LogP contribution is 2.30. The van der Waals surface area contributed by atoms with Crippen molar-refractivity contribution in [3.63, 3.8) is 0 Å². The lowest BCUT2D eigenvalue weighted by Crippen LogP contribution is -2.68. The summed E-state index contributed by atoms with van der Waals surface area (Å²) in [4.78, 5) is 50.8. The molecule has 0 aromatic heterocycles. The number of aliphatic hydroxyl groups is 1. The Labute approximate surface area is 206 Å². The first-order chi connectivity index (χ1) is 15.3. The molecule has 0 spiro atoms. The molecule has 1 fully saturated rings. The summed E-state index contributed by atoms with van der Waals surface area (Å²) in [5, 5.41) is 16.7. The van der Waals surface area contributed by atoms with Crippen molar-refractivity contribution < 1.29 is 24.3 Å². The van der Waals surface area contributed by atoms with E-state index in [4.69, 9.17) is 11.5 Å².